The minimum Gasteiger partial charge on any atom is -0.494 e. The number of carbonyl (C=O) groups is 2. The van der Waals surface area contributed by atoms with Gasteiger partial charge >= 0.3 is 0 Å². The maximum absolute atomic E-state index is 12.9. The van der Waals surface area contributed by atoms with E-state index in [-0.39, 0.29) is 22.6 Å². The molecule has 0 atom stereocenters. The van der Waals surface area contributed by atoms with E-state index >= 15 is 0 Å². The van der Waals surface area contributed by atoms with Crippen molar-refractivity contribution in [2.75, 3.05) is 25.0 Å². The molecule has 0 aromatic heterocycles. The van der Waals surface area contributed by atoms with E-state index in [1.54, 1.807) is 12.1 Å². The maximum Gasteiger partial charge on any atom is 0.243 e. The van der Waals surface area contributed by atoms with Gasteiger partial charge < -0.3 is 15.4 Å². The second-order valence-electron chi connectivity index (χ2n) is 8.07. The van der Waals surface area contributed by atoms with Crippen molar-refractivity contribution in [3.8, 4) is 5.75 Å². The zero-order valence-corrected chi connectivity index (χ0v) is 19.9. The zero-order valence-electron chi connectivity index (χ0n) is 19.0. The molecular formula is C24H31N3O5S. The number of anilines is 1. The molecule has 0 radical (unpaired) electrons. The molecule has 2 N–H and O–H groups in total. The summed E-state index contributed by atoms with van der Waals surface area (Å²) in [7, 11) is -3.61. The van der Waals surface area contributed by atoms with Crippen molar-refractivity contribution in [3.05, 3.63) is 54.1 Å². The molecule has 1 aliphatic rings. The first-order chi connectivity index (χ1) is 15.8. The first kappa shape index (κ1) is 24.7. The summed E-state index contributed by atoms with van der Waals surface area (Å²) >= 11 is 0. The smallest absolute Gasteiger partial charge is 0.243 e. The van der Waals surface area contributed by atoms with Crippen LogP contribution in [0.1, 0.15) is 38.7 Å². The topological polar surface area (TPSA) is 105 Å². The van der Waals surface area contributed by atoms with E-state index in [2.05, 4.69) is 10.6 Å². The van der Waals surface area contributed by atoms with Crippen molar-refractivity contribution in [2.45, 2.75) is 44.6 Å². The van der Waals surface area contributed by atoms with Gasteiger partial charge in [-0.25, -0.2) is 8.42 Å². The summed E-state index contributed by atoms with van der Waals surface area (Å²) in [5.74, 6) is 0.649. The van der Waals surface area contributed by atoms with Gasteiger partial charge in [0.15, 0.2) is 0 Å². The Kier molecular flexibility index (Phi) is 8.46. The molecular weight excluding hydrogens is 442 g/mol. The van der Waals surface area contributed by atoms with Crippen LogP contribution in [0.15, 0.2) is 53.4 Å². The molecule has 0 spiro atoms. The minimum atomic E-state index is -3.61. The first-order valence-corrected chi connectivity index (χ1v) is 12.6. The molecule has 3 rings (SSSR count). The summed E-state index contributed by atoms with van der Waals surface area (Å²) in [6, 6.07) is 13.8. The Balaban J connectivity index is 1.49. The number of carbonyl (C=O) groups excluding carboxylic acids is 2. The van der Waals surface area contributed by atoms with E-state index in [0.717, 1.165) is 11.3 Å². The number of benzene rings is 2. The molecule has 1 fully saturated rings. The predicted octanol–water partition coefficient (Wildman–Crippen LogP) is 3.15. The maximum atomic E-state index is 12.9. The van der Waals surface area contributed by atoms with Gasteiger partial charge in [-0.1, -0.05) is 18.2 Å². The van der Waals surface area contributed by atoms with Gasteiger partial charge in [0, 0.05) is 44.2 Å². The summed E-state index contributed by atoms with van der Waals surface area (Å²) in [5, 5.41) is 5.58. The van der Waals surface area contributed by atoms with E-state index < -0.39 is 10.0 Å². The molecule has 2 amide bonds. The lowest BCUT2D eigenvalue weighted by Gasteiger charge is -2.31. The number of rotatable bonds is 9. The normalized spacial score (nSPS) is 15.1. The van der Waals surface area contributed by atoms with E-state index in [1.807, 2.05) is 31.2 Å². The summed E-state index contributed by atoms with van der Waals surface area (Å²) in [4.78, 5) is 23.8. The van der Waals surface area contributed by atoms with Crippen molar-refractivity contribution in [2.24, 2.45) is 5.92 Å². The Morgan fingerprint density at radius 1 is 1.06 bits per heavy atom. The quantitative estimate of drug-likeness (QED) is 0.582. The fourth-order valence-electron chi connectivity index (χ4n) is 3.89. The SMILES string of the molecule is CCOc1ccccc1CNC(=O)CC1CCN(S(=O)(=O)c2ccc(NC(C)=O)cc2)CC1. The third kappa shape index (κ3) is 6.79. The lowest BCUT2D eigenvalue weighted by atomic mass is 9.94. The van der Waals surface area contributed by atoms with Gasteiger partial charge in [0.05, 0.1) is 11.5 Å². The molecule has 1 heterocycles. The molecule has 0 unspecified atom stereocenters. The highest BCUT2D eigenvalue weighted by atomic mass is 32.2. The Morgan fingerprint density at radius 3 is 2.36 bits per heavy atom. The highest BCUT2D eigenvalue weighted by Gasteiger charge is 2.30. The van der Waals surface area contributed by atoms with Crippen molar-refractivity contribution < 1.29 is 22.7 Å². The Hall–Kier alpha value is -2.91. The van der Waals surface area contributed by atoms with Crippen LogP contribution >= 0.6 is 0 Å². The number of hydrogen-bond donors (Lipinski definition) is 2. The fourth-order valence-corrected chi connectivity index (χ4v) is 5.36. The molecule has 0 bridgehead atoms. The summed E-state index contributed by atoms with van der Waals surface area (Å²) in [5.41, 5.74) is 1.48. The molecule has 0 aliphatic carbocycles. The largest absolute Gasteiger partial charge is 0.494 e. The van der Waals surface area contributed by atoms with Gasteiger partial charge in [-0.2, -0.15) is 4.31 Å². The van der Waals surface area contributed by atoms with Crippen molar-refractivity contribution in [1.29, 1.82) is 0 Å². The number of piperidine rings is 1. The lowest BCUT2D eigenvalue weighted by molar-refractivity contribution is -0.122. The standard InChI is InChI=1S/C24H31N3O5S/c1-3-32-23-7-5-4-6-20(23)17-25-24(29)16-19-12-14-27(15-13-19)33(30,31)22-10-8-21(9-11-22)26-18(2)28/h4-11,19H,3,12-17H2,1-2H3,(H,25,29)(H,26,28). The number of amides is 2. The van der Waals surface area contributed by atoms with E-state index in [0.29, 0.717) is 51.2 Å². The summed E-state index contributed by atoms with van der Waals surface area (Å²) in [6.07, 6.45) is 1.63. The Morgan fingerprint density at radius 2 is 1.73 bits per heavy atom. The van der Waals surface area contributed by atoms with Crippen LogP contribution in [0, 0.1) is 5.92 Å². The summed E-state index contributed by atoms with van der Waals surface area (Å²) < 4.78 is 32.9. The van der Waals surface area contributed by atoms with Crippen LogP contribution in [0.25, 0.3) is 0 Å². The molecule has 1 aliphatic heterocycles. The number of nitrogens with zero attached hydrogens (tertiary/aromatic N) is 1. The molecule has 8 nitrogen and oxygen atoms in total. The molecule has 33 heavy (non-hydrogen) atoms. The molecule has 2 aromatic carbocycles. The van der Waals surface area contributed by atoms with Crippen LogP contribution in [0.2, 0.25) is 0 Å². The van der Waals surface area contributed by atoms with Crippen LogP contribution in [-0.4, -0.2) is 44.2 Å². The van der Waals surface area contributed by atoms with E-state index in [1.165, 1.54) is 23.4 Å². The van der Waals surface area contributed by atoms with Crippen LogP contribution in [0.4, 0.5) is 5.69 Å². The number of hydrogen-bond acceptors (Lipinski definition) is 5. The number of para-hydroxylation sites is 1. The Bertz CT molecular complexity index is 1060. The second-order valence-corrected chi connectivity index (χ2v) is 10.0. The monoisotopic (exact) mass is 473 g/mol. The van der Waals surface area contributed by atoms with Crippen LogP contribution < -0.4 is 15.4 Å². The van der Waals surface area contributed by atoms with Crippen molar-refractivity contribution in [3.63, 3.8) is 0 Å². The molecule has 9 heteroatoms. The number of sulfonamides is 1. The van der Waals surface area contributed by atoms with Crippen LogP contribution in [0.3, 0.4) is 0 Å². The van der Waals surface area contributed by atoms with Gasteiger partial charge in [-0.05, 0) is 56.0 Å². The number of ether oxygens (including phenoxy) is 1. The first-order valence-electron chi connectivity index (χ1n) is 11.1. The minimum absolute atomic E-state index is 0.0452. The zero-order chi connectivity index (χ0) is 23.8. The highest BCUT2D eigenvalue weighted by molar-refractivity contribution is 7.89. The Labute approximate surface area is 195 Å². The van der Waals surface area contributed by atoms with Crippen molar-refractivity contribution in [1.82, 2.24) is 9.62 Å². The van der Waals surface area contributed by atoms with Gasteiger partial charge in [0.25, 0.3) is 0 Å². The summed E-state index contributed by atoms with van der Waals surface area (Å²) in [6.45, 7) is 5.03. The third-order valence-electron chi connectivity index (χ3n) is 5.61. The predicted molar refractivity (Wildman–Crippen MR) is 126 cm³/mol. The van der Waals surface area contributed by atoms with Crippen LogP contribution in [0.5, 0.6) is 5.75 Å². The fraction of sp³-hybridized carbons (Fsp3) is 0.417. The van der Waals surface area contributed by atoms with Gasteiger partial charge in [-0.3, -0.25) is 9.59 Å². The lowest BCUT2D eigenvalue weighted by Crippen LogP contribution is -2.39. The molecule has 1 saturated heterocycles. The van der Waals surface area contributed by atoms with Crippen molar-refractivity contribution >= 4 is 27.5 Å². The molecule has 0 saturated carbocycles. The van der Waals surface area contributed by atoms with Gasteiger partial charge in [0.1, 0.15) is 5.75 Å². The van der Waals surface area contributed by atoms with Gasteiger partial charge in [-0.15, -0.1) is 0 Å². The molecule has 2 aromatic rings. The van der Waals surface area contributed by atoms with Gasteiger partial charge in [0.2, 0.25) is 21.8 Å². The average Bonchev–Trinajstić information content (AvgIpc) is 2.79. The average molecular weight is 474 g/mol. The highest BCUT2D eigenvalue weighted by Crippen LogP contribution is 2.26. The molecule has 178 valence electrons. The third-order valence-corrected chi connectivity index (χ3v) is 7.52. The van der Waals surface area contributed by atoms with E-state index in [9.17, 15) is 18.0 Å². The van der Waals surface area contributed by atoms with E-state index in [4.69, 9.17) is 4.74 Å². The van der Waals surface area contributed by atoms with Crippen LogP contribution in [-0.2, 0) is 26.2 Å². The number of nitrogens with one attached hydrogen (secondary N) is 2. The second kappa shape index (κ2) is 11.3.